The third-order valence-corrected chi connectivity index (χ3v) is 6.89. The van der Waals surface area contributed by atoms with Crippen LogP contribution in [-0.4, -0.2) is 37.2 Å². The molecule has 236 valence electrons. The van der Waals surface area contributed by atoms with E-state index in [-0.39, 0.29) is 31.1 Å². The van der Waals surface area contributed by atoms with Crippen molar-refractivity contribution in [2.24, 2.45) is 0 Å². The second-order valence-electron chi connectivity index (χ2n) is 10.9. The molecule has 0 rings (SSSR count). The van der Waals surface area contributed by atoms with E-state index >= 15 is 0 Å². The summed E-state index contributed by atoms with van der Waals surface area (Å²) in [6.45, 7) is 9.42. The van der Waals surface area contributed by atoms with Gasteiger partial charge in [-0.25, -0.2) is 0 Å². The van der Waals surface area contributed by atoms with Gasteiger partial charge >= 0.3 is 17.9 Å². The summed E-state index contributed by atoms with van der Waals surface area (Å²) in [5, 5.41) is 0. The summed E-state index contributed by atoms with van der Waals surface area (Å²) in [6.07, 6.45) is 28.1. The molecule has 0 aliphatic rings. The summed E-state index contributed by atoms with van der Waals surface area (Å²) in [5.41, 5.74) is 0. The Morgan fingerprint density at radius 3 is 1.37 bits per heavy atom. The fourth-order valence-corrected chi connectivity index (χ4v) is 4.40. The number of hydrogen-bond acceptors (Lipinski definition) is 6. The minimum Gasteiger partial charge on any atom is -0.462 e. The van der Waals surface area contributed by atoms with Crippen molar-refractivity contribution >= 4 is 17.9 Å². The Hall–Kier alpha value is -2.37. The van der Waals surface area contributed by atoms with Crippen LogP contribution >= 0.6 is 0 Å². The minimum absolute atomic E-state index is 0.0908. The predicted octanol–water partition coefficient (Wildman–Crippen LogP) is 9.51. The van der Waals surface area contributed by atoms with Gasteiger partial charge in [0.15, 0.2) is 6.10 Å². The average Bonchev–Trinajstić information content (AvgIpc) is 2.96. The highest BCUT2D eigenvalue weighted by Crippen LogP contribution is 2.12. The second-order valence-corrected chi connectivity index (χ2v) is 10.9. The summed E-state index contributed by atoms with van der Waals surface area (Å²) < 4.78 is 16.3. The maximum Gasteiger partial charge on any atom is 0.306 e. The van der Waals surface area contributed by atoms with E-state index in [4.69, 9.17) is 14.2 Å². The molecule has 0 radical (unpaired) electrons. The normalized spacial score (nSPS) is 11.7. The van der Waals surface area contributed by atoms with Gasteiger partial charge in [-0.2, -0.15) is 0 Å². The lowest BCUT2D eigenvalue weighted by atomic mass is 10.1. The van der Waals surface area contributed by atoms with E-state index in [1.165, 1.54) is 6.42 Å². The number of rotatable bonds is 30. The number of unbranched alkanes of at least 4 members (excludes halogenated alkanes) is 15. The maximum absolute atomic E-state index is 12.4. The fraction of sp³-hybridized carbons (Fsp3) is 0.743. The van der Waals surface area contributed by atoms with Crippen LogP contribution in [0, 0.1) is 0 Å². The average molecular weight is 577 g/mol. The second kappa shape index (κ2) is 30.6. The summed E-state index contributed by atoms with van der Waals surface area (Å²) in [5.74, 6) is -0.964. The van der Waals surface area contributed by atoms with E-state index < -0.39 is 6.10 Å². The Bertz CT molecular complexity index is 699. The molecular formula is C35H60O6. The van der Waals surface area contributed by atoms with Crippen LogP contribution in [-0.2, 0) is 28.6 Å². The van der Waals surface area contributed by atoms with Crippen molar-refractivity contribution in [2.45, 2.75) is 154 Å². The monoisotopic (exact) mass is 576 g/mol. The van der Waals surface area contributed by atoms with Gasteiger partial charge in [-0.05, 0) is 64.2 Å². The SMILES string of the molecule is C=CCCCCCCCC(=O)OCC(COC(=O)CCCCCCC/C=C\CC)OC(=O)CCCCCCCC=C. The molecule has 0 N–H and O–H groups in total. The molecule has 0 aromatic carbocycles. The Morgan fingerprint density at radius 2 is 0.927 bits per heavy atom. The number of allylic oxidation sites excluding steroid dienone is 4. The Labute approximate surface area is 251 Å². The molecule has 0 saturated heterocycles. The van der Waals surface area contributed by atoms with Crippen molar-refractivity contribution in [3.8, 4) is 0 Å². The molecule has 6 nitrogen and oxygen atoms in total. The zero-order chi connectivity index (χ0) is 30.2. The highest BCUT2D eigenvalue weighted by Gasteiger charge is 2.19. The first kappa shape index (κ1) is 38.6. The first-order chi connectivity index (χ1) is 20.0. The zero-order valence-corrected chi connectivity index (χ0v) is 26.2. The lowest BCUT2D eigenvalue weighted by Gasteiger charge is -2.18. The van der Waals surface area contributed by atoms with Crippen LogP contribution in [0.15, 0.2) is 37.5 Å². The summed E-state index contributed by atoms with van der Waals surface area (Å²) in [6, 6.07) is 0. The molecular weight excluding hydrogens is 516 g/mol. The van der Waals surface area contributed by atoms with Crippen LogP contribution < -0.4 is 0 Å². The molecule has 0 aliphatic heterocycles. The fourth-order valence-electron chi connectivity index (χ4n) is 4.40. The molecule has 0 heterocycles. The van der Waals surface area contributed by atoms with Crippen molar-refractivity contribution in [1.82, 2.24) is 0 Å². The highest BCUT2D eigenvalue weighted by atomic mass is 16.6. The molecule has 1 atom stereocenters. The Balaban J connectivity index is 4.37. The van der Waals surface area contributed by atoms with Crippen molar-refractivity contribution in [1.29, 1.82) is 0 Å². The van der Waals surface area contributed by atoms with Gasteiger partial charge in [0.2, 0.25) is 0 Å². The summed E-state index contributed by atoms with van der Waals surface area (Å²) in [7, 11) is 0. The molecule has 0 saturated carbocycles. The number of ether oxygens (including phenoxy) is 3. The number of carbonyl (C=O) groups excluding carboxylic acids is 3. The molecule has 1 unspecified atom stereocenters. The van der Waals surface area contributed by atoms with Crippen molar-refractivity contribution < 1.29 is 28.6 Å². The third kappa shape index (κ3) is 28.9. The Morgan fingerprint density at radius 1 is 0.537 bits per heavy atom. The first-order valence-electron chi connectivity index (χ1n) is 16.4. The molecule has 0 aromatic rings. The van der Waals surface area contributed by atoms with Gasteiger partial charge in [0, 0.05) is 19.3 Å². The van der Waals surface area contributed by atoms with Gasteiger partial charge in [0.05, 0.1) is 0 Å². The standard InChI is InChI=1S/C35H60O6/c1-4-7-10-13-16-17-20-22-25-28-34(37)40-31-32(41-35(38)29-26-23-19-15-12-9-6-3)30-39-33(36)27-24-21-18-14-11-8-5-2/h5-7,10,32H,2-4,8-9,11-31H2,1H3/b10-7-. The lowest BCUT2D eigenvalue weighted by Crippen LogP contribution is -2.30. The van der Waals surface area contributed by atoms with Gasteiger partial charge in [0.25, 0.3) is 0 Å². The minimum atomic E-state index is -0.780. The largest absolute Gasteiger partial charge is 0.462 e. The third-order valence-electron chi connectivity index (χ3n) is 6.89. The van der Waals surface area contributed by atoms with Crippen LogP contribution in [0.4, 0.5) is 0 Å². The van der Waals surface area contributed by atoms with E-state index in [1.54, 1.807) is 0 Å². The van der Waals surface area contributed by atoms with Gasteiger partial charge in [-0.3, -0.25) is 14.4 Å². The summed E-state index contributed by atoms with van der Waals surface area (Å²) in [4.78, 5) is 36.9. The molecule has 0 fully saturated rings. The molecule has 0 spiro atoms. The van der Waals surface area contributed by atoms with Crippen molar-refractivity contribution in [3.05, 3.63) is 37.5 Å². The first-order valence-corrected chi connectivity index (χ1v) is 16.4. The molecule has 0 amide bonds. The molecule has 6 heteroatoms. The van der Waals surface area contributed by atoms with Crippen molar-refractivity contribution in [2.75, 3.05) is 13.2 Å². The Kier molecular flexibility index (Phi) is 28.8. The maximum atomic E-state index is 12.4. The van der Waals surface area contributed by atoms with Crippen LogP contribution in [0.2, 0.25) is 0 Å². The number of esters is 3. The van der Waals surface area contributed by atoms with Gasteiger partial charge < -0.3 is 14.2 Å². The van der Waals surface area contributed by atoms with E-state index in [0.717, 1.165) is 116 Å². The number of hydrogen-bond donors (Lipinski definition) is 0. The quantitative estimate of drug-likeness (QED) is 0.0367. The highest BCUT2D eigenvalue weighted by molar-refractivity contribution is 5.71. The molecule has 41 heavy (non-hydrogen) atoms. The smallest absolute Gasteiger partial charge is 0.306 e. The number of carbonyl (C=O) groups is 3. The van der Waals surface area contributed by atoms with Crippen LogP contribution in [0.1, 0.15) is 148 Å². The van der Waals surface area contributed by atoms with Gasteiger partial charge in [-0.15, -0.1) is 13.2 Å². The predicted molar refractivity (Wildman–Crippen MR) is 169 cm³/mol. The van der Waals surface area contributed by atoms with E-state index in [2.05, 4.69) is 32.2 Å². The molecule has 0 aliphatic carbocycles. The molecule has 0 bridgehead atoms. The van der Waals surface area contributed by atoms with Crippen LogP contribution in [0.5, 0.6) is 0 Å². The summed E-state index contributed by atoms with van der Waals surface area (Å²) >= 11 is 0. The molecule has 0 aromatic heterocycles. The topological polar surface area (TPSA) is 78.9 Å². The van der Waals surface area contributed by atoms with Gasteiger partial charge in [-0.1, -0.05) is 89.0 Å². The van der Waals surface area contributed by atoms with E-state index in [9.17, 15) is 14.4 Å². The van der Waals surface area contributed by atoms with Gasteiger partial charge in [0.1, 0.15) is 13.2 Å². The zero-order valence-electron chi connectivity index (χ0n) is 26.2. The van der Waals surface area contributed by atoms with E-state index in [0.29, 0.717) is 19.3 Å². The van der Waals surface area contributed by atoms with Crippen LogP contribution in [0.25, 0.3) is 0 Å². The van der Waals surface area contributed by atoms with Crippen LogP contribution in [0.3, 0.4) is 0 Å². The van der Waals surface area contributed by atoms with Crippen molar-refractivity contribution in [3.63, 3.8) is 0 Å². The van der Waals surface area contributed by atoms with E-state index in [1.807, 2.05) is 12.2 Å². The lowest BCUT2D eigenvalue weighted by molar-refractivity contribution is -0.167.